The van der Waals surface area contributed by atoms with Gasteiger partial charge >= 0.3 is 5.97 Å². The lowest BCUT2D eigenvalue weighted by Crippen LogP contribution is -2.30. The van der Waals surface area contributed by atoms with Crippen LogP contribution in [0.3, 0.4) is 0 Å². The number of hydrazone groups is 2. The Balaban J connectivity index is 3.01. The minimum Gasteiger partial charge on any atom is -0.461 e. The number of carbonyl (C=O) groups is 1. The van der Waals surface area contributed by atoms with Gasteiger partial charge in [-0.05, 0) is 44.6 Å². The fourth-order valence-corrected chi connectivity index (χ4v) is 1.53. The minimum atomic E-state index is -0.588. The molecule has 0 unspecified atom stereocenters. The van der Waals surface area contributed by atoms with E-state index < -0.39 is 5.97 Å². The lowest BCUT2D eigenvalue weighted by atomic mass is 10.2. The van der Waals surface area contributed by atoms with Gasteiger partial charge in [-0.3, -0.25) is 10.9 Å². The van der Waals surface area contributed by atoms with Gasteiger partial charge in [-0.1, -0.05) is 18.2 Å². The van der Waals surface area contributed by atoms with E-state index in [-0.39, 0.29) is 17.4 Å². The summed E-state index contributed by atoms with van der Waals surface area (Å²) in [5.74, 6) is -0.588. The Labute approximate surface area is 134 Å². The molecule has 0 radical (unpaired) electrons. The molecule has 7 nitrogen and oxygen atoms in total. The maximum Gasteiger partial charge on any atom is 0.360 e. The number of rotatable bonds is 6. The number of nitrogens with zero attached hydrogens (tertiary/aromatic N) is 2. The highest BCUT2D eigenvalue weighted by Gasteiger charge is 2.17. The minimum absolute atomic E-state index is 0.00516. The number of ether oxygens (including phenoxy) is 1. The largest absolute Gasteiger partial charge is 0.461 e. The number of benzene rings is 1. The number of aryl methyl sites for hydroxylation is 1. The monoisotopic (exact) mass is 321 g/mol. The number of nitrogens with one attached hydrogen (secondary N) is 2. The first-order valence-electron chi connectivity index (χ1n) is 6.62. The molecular formula is C14H19N5O2S. The van der Waals surface area contributed by atoms with E-state index in [9.17, 15) is 4.79 Å². The number of hydrogen-bond donors (Lipinski definition) is 3. The Morgan fingerprint density at radius 3 is 2.64 bits per heavy atom. The summed E-state index contributed by atoms with van der Waals surface area (Å²) in [6.45, 7) is 5.47. The Morgan fingerprint density at radius 1 is 1.36 bits per heavy atom. The summed E-state index contributed by atoms with van der Waals surface area (Å²) in [4.78, 5) is 12.0. The molecule has 0 saturated heterocycles. The van der Waals surface area contributed by atoms with Crippen LogP contribution >= 0.6 is 12.2 Å². The van der Waals surface area contributed by atoms with Crippen molar-refractivity contribution in [2.24, 2.45) is 15.9 Å². The van der Waals surface area contributed by atoms with Crippen LogP contribution < -0.4 is 16.6 Å². The summed E-state index contributed by atoms with van der Waals surface area (Å²) in [6, 6.07) is 7.55. The van der Waals surface area contributed by atoms with Crippen LogP contribution in [0.4, 0.5) is 5.69 Å². The molecule has 22 heavy (non-hydrogen) atoms. The van der Waals surface area contributed by atoms with Crippen molar-refractivity contribution in [3.05, 3.63) is 29.8 Å². The fraction of sp³-hybridized carbons (Fsp3) is 0.286. The van der Waals surface area contributed by atoms with Crippen LogP contribution in [0.15, 0.2) is 34.5 Å². The molecule has 8 heteroatoms. The standard InChI is InChI=1S/C14H19N5O2S/c1-4-21-13(20)12(10(3)16-19-14(15)22)18-17-11-8-6-5-7-9(11)2/h5-8,17H,4H2,1-3H3,(H3,15,19,22)/b16-10?,18-12-. The second-order valence-electron chi connectivity index (χ2n) is 4.28. The van der Waals surface area contributed by atoms with Crippen LogP contribution in [0.2, 0.25) is 0 Å². The van der Waals surface area contributed by atoms with Gasteiger partial charge in [0, 0.05) is 0 Å². The van der Waals surface area contributed by atoms with Crippen molar-refractivity contribution in [3.63, 3.8) is 0 Å². The first kappa shape index (κ1) is 17.6. The first-order chi connectivity index (χ1) is 10.5. The number of anilines is 1. The average Bonchev–Trinajstić information content (AvgIpc) is 2.47. The van der Waals surface area contributed by atoms with Crippen molar-refractivity contribution in [1.29, 1.82) is 0 Å². The molecule has 0 heterocycles. The summed E-state index contributed by atoms with van der Waals surface area (Å²) in [6.07, 6.45) is 0. The van der Waals surface area contributed by atoms with Crippen molar-refractivity contribution in [3.8, 4) is 0 Å². The van der Waals surface area contributed by atoms with Gasteiger partial charge in [0.2, 0.25) is 0 Å². The van der Waals surface area contributed by atoms with E-state index in [1.54, 1.807) is 13.8 Å². The quantitative estimate of drug-likeness (QED) is 0.318. The number of nitrogens with two attached hydrogens (primary N) is 1. The Kier molecular flexibility index (Phi) is 6.97. The van der Waals surface area contributed by atoms with E-state index in [4.69, 9.17) is 10.5 Å². The Morgan fingerprint density at radius 2 is 2.05 bits per heavy atom. The second-order valence-corrected chi connectivity index (χ2v) is 4.72. The molecule has 0 atom stereocenters. The van der Waals surface area contributed by atoms with E-state index in [2.05, 4.69) is 33.3 Å². The van der Waals surface area contributed by atoms with Crippen molar-refractivity contribution in [1.82, 2.24) is 5.43 Å². The van der Waals surface area contributed by atoms with E-state index in [0.29, 0.717) is 5.71 Å². The molecule has 0 aliphatic heterocycles. The molecule has 4 N–H and O–H groups in total. The predicted octanol–water partition coefficient (Wildman–Crippen LogP) is 1.54. The van der Waals surface area contributed by atoms with Crippen molar-refractivity contribution >= 4 is 40.4 Å². The number of thiocarbonyl (C=S) groups is 1. The first-order valence-corrected chi connectivity index (χ1v) is 7.03. The van der Waals surface area contributed by atoms with Crippen LogP contribution in [-0.4, -0.2) is 29.1 Å². The zero-order valence-electron chi connectivity index (χ0n) is 12.7. The summed E-state index contributed by atoms with van der Waals surface area (Å²) in [5.41, 5.74) is 12.7. The van der Waals surface area contributed by atoms with Crippen molar-refractivity contribution in [2.75, 3.05) is 12.0 Å². The summed E-state index contributed by atoms with van der Waals surface area (Å²) < 4.78 is 4.97. The molecule has 1 aromatic rings. The lowest BCUT2D eigenvalue weighted by Gasteiger charge is -2.08. The molecular weight excluding hydrogens is 302 g/mol. The maximum absolute atomic E-state index is 12.0. The summed E-state index contributed by atoms with van der Waals surface area (Å²) in [7, 11) is 0. The molecule has 118 valence electrons. The van der Waals surface area contributed by atoms with E-state index in [1.807, 2.05) is 31.2 Å². The van der Waals surface area contributed by atoms with E-state index in [1.165, 1.54) is 0 Å². The average molecular weight is 321 g/mol. The highest BCUT2D eigenvalue weighted by molar-refractivity contribution is 7.80. The smallest absolute Gasteiger partial charge is 0.360 e. The molecule has 0 fully saturated rings. The number of hydrogen-bond acceptors (Lipinski definition) is 6. The van der Waals surface area contributed by atoms with Gasteiger partial charge in [-0.2, -0.15) is 10.2 Å². The van der Waals surface area contributed by atoms with Crippen molar-refractivity contribution < 1.29 is 9.53 Å². The van der Waals surface area contributed by atoms with Gasteiger partial charge in [0.15, 0.2) is 10.8 Å². The van der Waals surface area contributed by atoms with Crippen LogP contribution in [0.1, 0.15) is 19.4 Å². The van der Waals surface area contributed by atoms with Gasteiger partial charge in [-0.15, -0.1) is 0 Å². The zero-order chi connectivity index (χ0) is 16.5. The number of para-hydroxylation sites is 1. The third kappa shape index (κ3) is 5.49. The molecule has 0 amide bonds. The number of carbonyl (C=O) groups excluding carboxylic acids is 1. The van der Waals surface area contributed by atoms with Crippen LogP contribution in [0.5, 0.6) is 0 Å². The normalized spacial score (nSPS) is 11.8. The van der Waals surface area contributed by atoms with E-state index in [0.717, 1.165) is 11.3 Å². The molecule has 0 spiro atoms. The molecule has 0 bridgehead atoms. The summed E-state index contributed by atoms with van der Waals surface area (Å²) >= 11 is 4.66. The van der Waals surface area contributed by atoms with Crippen LogP contribution in [-0.2, 0) is 9.53 Å². The molecule has 1 aromatic carbocycles. The molecule has 0 aliphatic carbocycles. The second kappa shape index (κ2) is 8.73. The maximum atomic E-state index is 12.0. The summed E-state index contributed by atoms with van der Waals surface area (Å²) in [5, 5.41) is 7.97. The van der Waals surface area contributed by atoms with Crippen molar-refractivity contribution in [2.45, 2.75) is 20.8 Å². The van der Waals surface area contributed by atoms with E-state index >= 15 is 0 Å². The Hall–Kier alpha value is -2.48. The predicted molar refractivity (Wildman–Crippen MR) is 91.9 cm³/mol. The molecule has 1 rings (SSSR count). The van der Waals surface area contributed by atoms with Gasteiger partial charge in [0.05, 0.1) is 18.0 Å². The third-order valence-corrected chi connectivity index (χ3v) is 2.67. The highest BCUT2D eigenvalue weighted by Crippen LogP contribution is 2.13. The number of esters is 1. The van der Waals surface area contributed by atoms with Gasteiger partial charge in [0.1, 0.15) is 0 Å². The third-order valence-electron chi connectivity index (χ3n) is 2.58. The Bertz CT molecular complexity index is 613. The topological polar surface area (TPSA) is 101 Å². The molecule has 0 saturated carbocycles. The lowest BCUT2D eigenvalue weighted by molar-refractivity contribution is -0.134. The van der Waals surface area contributed by atoms with Crippen LogP contribution in [0, 0.1) is 6.92 Å². The SMILES string of the molecule is CCOC(=O)/C(=N\Nc1ccccc1C)C(C)=NNC(N)=S. The van der Waals surface area contributed by atoms with Gasteiger partial charge in [0.25, 0.3) is 0 Å². The van der Waals surface area contributed by atoms with Gasteiger partial charge in [-0.25, -0.2) is 4.79 Å². The van der Waals surface area contributed by atoms with Crippen LogP contribution in [0.25, 0.3) is 0 Å². The fourth-order valence-electron chi connectivity index (χ4n) is 1.48. The van der Waals surface area contributed by atoms with Gasteiger partial charge < -0.3 is 10.5 Å². The molecule has 0 aromatic heterocycles. The highest BCUT2D eigenvalue weighted by atomic mass is 32.1. The molecule has 0 aliphatic rings. The zero-order valence-corrected chi connectivity index (χ0v) is 13.5.